The zero-order valence-corrected chi connectivity index (χ0v) is 8.58. The molecule has 0 bridgehead atoms. The zero-order valence-electron chi connectivity index (χ0n) is 7.77. The minimum Gasteiger partial charge on any atom is -0.393 e. The molecule has 1 amide bonds. The fraction of sp³-hybridized carbons (Fsp3) is 0.714. The van der Waals surface area contributed by atoms with Crippen molar-refractivity contribution < 1.29 is 22.4 Å². The van der Waals surface area contributed by atoms with Gasteiger partial charge in [0.1, 0.15) is 0 Å². The van der Waals surface area contributed by atoms with Gasteiger partial charge in [-0.3, -0.25) is 4.79 Å². The Hall–Kier alpha value is -0.920. The van der Waals surface area contributed by atoms with Gasteiger partial charge in [-0.05, 0) is 6.92 Å². The van der Waals surface area contributed by atoms with Crippen LogP contribution in [0.1, 0.15) is 6.92 Å². The molecule has 0 saturated carbocycles. The molecule has 0 saturated heterocycles. The van der Waals surface area contributed by atoms with Gasteiger partial charge in [-0.2, -0.15) is 8.78 Å². The lowest BCUT2D eigenvalue weighted by Crippen LogP contribution is -2.45. The highest BCUT2D eigenvalue weighted by atomic mass is 32.1. The Balaban J connectivity index is 4.17. The van der Waals surface area contributed by atoms with Crippen molar-refractivity contribution in [3.63, 3.8) is 0 Å². The van der Waals surface area contributed by atoms with E-state index in [0.717, 1.165) is 0 Å². The number of rotatable bonds is 5. The molecule has 0 spiro atoms. The molecule has 0 aliphatic rings. The first-order valence-corrected chi connectivity index (χ1v) is 4.32. The van der Waals surface area contributed by atoms with Gasteiger partial charge in [-0.25, -0.2) is 8.78 Å². The third-order valence-corrected chi connectivity index (χ3v) is 1.99. The van der Waals surface area contributed by atoms with Crippen LogP contribution in [0.4, 0.5) is 17.6 Å². The molecule has 3 nitrogen and oxygen atoms in total. The standard InChI is InChI=1S/C7H10F4N2OS/c1-3(4(12)15)5(14)13-2-7(10,11)6(8)9/h3,6H,2H2,1H3,(H2,12,15)(H,13,14). The molecule has 0 aromatic carbocycles. The molecule has 8 heteroatoms. The van der Waals surface area contributed by atoms with Crippen molar-refractivity contribution in [2.45, 2.75) is 19.3 Å². The summed E-state index contributed by atoms with van der Waals surface area (Å²) in [5.41, 5.74) is 5.07. The molecular formula is C7H10F4N2OS. The van der Waals surface area contributed by atoms with Crippen LogP contribution in [-0.2, 0) is 4.79 Å². The van der Waals surface area contributed by atoms with Gasteiger partial charge in [0.15, 0.2) is 0 Å². The summed E-state index contributed by atoms with van der Waals surface area (Å²) in [4.78, 5) is 10.8. The first-order chi connectivity index (χ1) is 6.68. The first-order valence-electron chi connectivity index (χ1n) is 3.91. The van der Waals surface area contributed by atoms with Gasteiger partial charge in [-0.15, -0.1) is 0 Å². The molecule has 0 aromatic heterocycles. The van der Waals surface area contributed by atoms with Gasteiger partial charge >= 0.3 is 12.3 Å². The number of nitrogens with one attached hydrogen (secondary N) is 1. The molecule has 3 N–H and O–H groups in total. The summed E-state index contributed by atoms with van der Waals surface area (Å²) in [6, 6.07) is 0. The third-order valence-electron chi connectivity index (χ3n) is 1.64. The Morgan fingerprint density at radius 2 is 2.00 bits per heavy atom. The van der Waals surface area contributed by atoms with Crippen molar-refractivity contribution in [2.75, 3.05) is 6.54 Å². The number of thiocarbonyl (C=S) groups is 1. The summed E-state index contributed by atoms with van der Waals surface area (Å²) in [5, 5.41) is 1.65. The van der Waals surface area contributed by atoms with E-state index >= 15 is 0 Å². The predicted molar refractivity (Wildman–Crippen MR) is 49.9 cm³/mol. The van der Waals surface area contributed by atoms with E-state index in [0.29, 0.717) is 0 Å². The number of nitrogens with two attached hydrogens (primary N) is 1. The van der Waals surface area contributed by atoms with Crippen LogP contribution in [0, 0.1) is 5.92 Å². The van der Waals surface area contributed by atoms with E-state index in [1.54, 1.807) is 5.32 Å². The first kappa shape index (κ1) is 14.1. The Bertz CT molecular complexity index is 259. The molecule has 1 atom stereocenters. The van der Waals surface area contributed by atoms with Gasteiger partial charge in [0.25, 0.3) is 0 Å². The van der Waals surface area contributed by atoms with Crippen LogP contribution < -0.4 is 11.1 Å². The van der Waals surface area contributed by atoms with E-state index in [1.165, 1.54) is 6.92 Å². The molecule has 0 radical (unpaired) electrons. The number of hydrogen-bond donors (Lipinski definition) is 2. The van der Waals surface area contributed by atoms with Crippen molar-refractivity contribution in [3.8, 4) is 0 Å². The molecule has 1 unspecified atom stereocenters. The summed E-state index contributed by atoms with van der Waals surface area (Å²) in [5.74, 6) is -6.11. The number of carbonyl (C=O) groups is 1. The highest BCUT2D eigenvalue weighted by Gasteiger charge is 2.41. The highest BCUT2D eigenvalue weighted by molar-refractivity contribution is 7.80. The monoisotopic (exact) mass is 246 g/mol. The van der Waals surface area contributed by atoms with Crippen molar-refractivity contribution in [1.29, 1.82) is 0 Å². The molecule has 0 rings (SSSR count). The van der Waals surface area contributed by atoms with E-state index in [4.69, 9.17) is 5.73 Å². The van der Waals surface area contributed by atoms with Crippen LogP contribution in [0.5, 0.6) is 0 Å². The lowest BCUT2D eigenvalue weighted by molar-refractivity contribution is -0.137. The lowest BCUT2D eigenvalue weighted by atomic mass is 10.1. The lowest BCUT2D eigenvalue weighted by Gasteiger charge is -2.17. The number of alkyl halides is 4. The topological polar surface area (TPSA) is 55.1 Å². The van der Waals surface area contributed by atoms with E-state index < -0.39 is 30.7 Å². The summed E-state index contributed by atoms with van der Waals surface area (Å²) in [6.45, 7) is -0.144. The second-order valence-corrected chi connectivity index (χ2v) is 3.37. The van der Waals surface area contributed by atoms with Crippen molar-refractivity contribution in [3.05, 3.63) is 0 Å². The van der Waals surface area contributed by atoms with Gasteiger partial charge in [0.2, 0.25) is 5.91 Å². The smallest absolute Gasteiger partial charge is 0.324 e. The summed E-state index contributed by atoms with van der Waals surface area (Å²) in [6.07, 6.45) is -3.82. The zero-order chi connectivity index (χ0) is 12.2. The molecule has 15 heavy (non-hydrogen) atoms. The fourth-order valence-corrected chi connectivity index (χ4v) is 0.671. The number of amides is 1. The van der Waals surface area contributed by atoms with E-state index in [2.05, 4.69) is 12.2 Å². The van der Waals surface area contributed by atoms with E-state index in [9.17, 15) is 22.4 Å². The summed E-state index contributed by atoms with van der Waals surface area (Å²) in [7, 11) is 0. The predicted octanol–water partition coefficient (Wildman–Crippen LogP) is 0.925. The molecular weight excluding hydrogens is 236 g/mol. The van der Waals surface area contributed by atoms with Crippen LogP contribution in [0.2, 0.25) is 0 Å². The van der Waals surface area contributed by atoms with Crippen LogP contribution in [0.15, 0.2) is 0 Å². The van der Waals surface area contributed by atoms with Crippen molar-refractivity contribution in [2.24, 2.45) is 11.7 Å². The SMILES string of the molecule is CC(C(=O)NCC(F)(F)C(F)F)C(N)=S. The number of carbonyl (C=O) groups excluding carboxylic acids is 1. The number of hydrogen-bond acceptors (Lipinski definition) is 2. The van der Waals surface area contributed by atoms with Crippen LogP contribution in [0.25, 0.3) is 0 Å². The molecule has 0 aliphatic carbocycles. The summed E-state index contributed by atoms with van der Waals surface area (Å²) < 4.78 is 48.0. The van der Waals surface area contributed by atoms with Crippen molar-refractivity contribution >= 4 is 23.1 Å². The summed E-state index contributed by atoms with van der Waals surface area (Å²) >= 11 is 4.43. The van der Waals surface area contributed by atoms with Crippen LogP contribution >= 0.6 is 12.2 Å². The van der Waals surface area contributed by atoms with Gasteiger partial charge < -0.3 is 11.1 Å². The quantitative estimate of drug-likeness (QED) is 0.560. The minimum absolute atomic E-state index is 0.187. The maximum Gasteiger partial charge on any atom is 0.324 e. The minimum atomic E-state index is -4.24. The molecule has 88 valence electrons. The Morgan fingerprint density at radius 1 is 1.53 bits per heavy atom. The largest absolute Gasteiger partial charge is 0.393 e. The second-order valence-electron chi connectivity index (χ2n) is 2.90. The van der Waals surface area contributed by atoms with E-state index in [1.807, 2.05) is 0 Å². The molecule has 0 heterocycles. The average molecular weight is 246 g/mol. The third kappa shape index (κ3) is 4.41. The molecule has 0 fully saturated rings. The van der Waals surface area contributed by atoms with E-state index in [-0.39, 0.29) is 4.99 Å². The maximum atomic E-state index is 12.3. The average Bonchev–Trinajstić information content (AvgIpc) is 2.12. The maximum absolute atomic E-state index is 12.3. The van der Waals surface area contributed by atoms with Gasteiger partial charge in [0.05, 0.1) is 17.5 Å². The fourth-order valence-electron chi connectivity index (χ4n) is 0.564. The second kappa shape index (κ2) is 5.24. The van der Waals surface area contributed by atoms with Crippen LogP contribution in [0.3, 0.4) is 0 Å². The normalized spacial score (nSPS) is 13.7. The van der Waals surface area contributed by atoms with Gasteiger partial charge in [0, 0.05) is 0 Å². The highest BCUT2D eigenvalue weighted by Crippen LogP contribution is 2.21. The Morgan fingerprint density at radius 3 is 2.33 bits per heavy atom. The van der Waals surface area contributed by atoms with Gasteiger partial charge in [-0.1, -0.05) is 12.2 Å². The van der Waals surface area contributed by atoms with Crippen LogP contribution in [-0.4, -0.2) is 29.8 Å². The Kier molecular flexibility index (Phi) is 4.92. The Labute approximate surface area is 89.0 Å². The molecule has 0 aromatic rings. The molecule has 0 aliphatic heterocycles. The van der Waals surface area contributed by atoms with Crippen molar-refractivity contribution in [1.82, 2.24) is 5.32 Å². The number of halogens is 4.